The normalized spacial score (nSPS) is 16.1. The van der Waals surface area contributed by atoms with Crippen LogP contribution in [0.1, 0.15) is 39.9 Å². The highest BCUT2D eigenvalue weighted by Crippen LogP contribution is 2.28. The van der Waals surface area contributed by atoms with E-state index in [2.05, 4.69) is 5.32 Å². The molecule has 0 heterocycles. The molecule has 0 aliphatic heterocycles. The van der Waals surface area contributed by atoms with Gasteiger partial charge in [-0.05, 0) is 66.1 Å². The van der Waals surface area contributed by atoms with Crippen molar-refractivity contribution in [1.82, 2.24) is 0 Å². The molecule has 1 unspecified atom stereocenters. The molecular weight excluding hydrogens is 316 g/mol. The molecule has 2 aromatic carbocycles. The van der Waals surface area contributed by atoms with Crippen LogP contribution in [0.3, 0.4) is 0 Å². The maximum Gasteiger partial charge on any atom is 0.303 e. The molecule has 130 valence electrons. The molecule has 0 radical (unpaired) electrons. The zero-order valence-corrected chi connectivity index (χ0v) is 14.0. The van der Waals surface area contributed by atoms with E-state index in [9.17, 15) is 9.59 Å². The summed E-state index contributed by atoms with van der Waals surface area (Å²) in [6.07, 6.45) is 2.66. The van der Waals surface area contributed by atoms with Gasteiger partial charge in [-0.1, -0.05) is 18.2 Å². The number of hydrogen-bond donors (Lipinski definition) is 3. The van der Waals surface area contributed by atoms with Crippen LogP contribution in [0.15, 0.2) is 42.5 Å². The molecule has 0 fully saturated rings. The summed E-state index contributed by atoms with van der Waals surface area (Å²) in [5.74, 6) is -0.779. The Kier molecular flexibility index (Phi) is 5.14. The average Bonchev–Trinajstić information content (AvgIpc) is 2.61. The van der Waals surface area contributed by atoms with E-state index in [4.69, 9.17) is 10.8 Å². The molecule has 0 saturated heterocycles. The van der Waals surface area contributed by atoms with Crippen molar-refractivity contribution in [2.75, 3.05) is 5.32 Å². The molecule has 1 aliphatic carbocycles. The molecule has 4 N–H and O–H groups in total. The van der Waals surface area contributed by atoms with Crippen molar-refractivity contribution in [2.45, 2.75) is 32.2 Å². The number of fused-ring (bicyclic) bond motifs is 1. The van der Waals surface area contributed by atoms with E-state index < -0.39 is 5.97 Å². The summed E-state index contributed by atoms with van der Waals surface area (Å²) in [6.45, 7) is 0.469. The lowest BCUT2D eigenvalue weighted by molar-refractivity contribution is -0.138. The Morgan fingerprint density at radius 1 is 1.12 bits per heavy atom. The molecule has 5 heteroatoms. The number of nitrogens with two attached hydrogens (primary N) is 1. The zero-order chi connectivity index (χ0) is 17.8. The SMILES string of the molecule is NCc1ccc(NC(=O)c2ccc3c(c2)CC(CC(=O)O)CC3)cc1. The van der Waals surface area contributed by atoms with Crippen LogP contribution in [0.2, 0.25) is 0 Å². The van der Waals surface area contributed by atoms with E-state index in [1.165, 1.54) is 5.56 Å². The van der Waals surface area contributed by atoms with Crippen molar-refractivity contribution >= 4 is 17.6 Å². The molecule has 2 aromatic rings. The number of nitrogens with one attached hydrogen (secondary N) is 1. The lowest BCUT2D eigenvalue weighted by Gasteiger charge is -2.23. The maximum atomic E-state index is 12.5. The van der Waals surface area contributed by atoms with Crippen molar-refractivity contribution in [3.8, 4) is 0 Å². The summed E-state index contributed by atoms with van der Waals surface area (Å²) in [6, 6.07) is 13.2. The van der Waals surface area contributed by atoms with Crippen LogP contribution in [-0.2, 0) is 24.2 Å². The number of carbonyl (C=O) groups is 2. The maximum absolute atomic E-state index is 12.5. The van der Waals surface area contributed by atoms with Crippen LogP contribution in [-0.4, -0.2) is 17.0 Å². The summed E-state index contributed by atoms with van der Waals surface area (Å²) in [7, 11) is 0. The molecule has 3 rings (SSSR count). The number of anilines is 1. The predicted molar refractivity (Wildman–Crippen MR) is 96.5 cm³/mol. The van der Waals surface area contributed by atoms with E-state index in [1.807, 2.05) is 42.5 Å². The minimum Gasteiger partial charge on any atom is -0.481 e. The highest BCUT2D eigenvalue weighted by atomic mass is 16.4. The molecule has 1 aliphatic rings. The standard InChI is InChI=1S/C20H22N2O3/c21-12-13-2-7-18(8-3-13)22-20(25)16-6-5-15-4-1-14(10-19(23)24)9-17(15)11-16/h2-3,5-8,11,14H,1,4,9-10,12,21H2,(H,22,25)(H,23,24). The number of hydrogen-bond acceptors (Lipinski definition) is 3. The summed E-state index contributed by atoms with van der Waals surface area (Å²) in [5.41, 5.74) is 10.2. The molecule has 25 heavy (non-hydrogen) atoms. The van der Waals surface area contributed by atoms with Gasteiger partial charge < -0.3 is 16.2 Å². The third-order valence-electron chi connectivity index (χ3n) is 4.71. The van der Waals surface area contributed by atoms with Crippen LogP contribution in [0.4, 0.5) is 5.69 Å². The Morgan fingerprint density at radius 2 is 1.88 bits per heavy atom. The van der Waals surface area contributed by atoms with Gasteiger partial charge in [-0.25, -0.2) is 0 Å². The van der Waals surface area contributed by atoms with E-state index in [0.717, 1.165) is 29.7 Å². The van der Waals surface area contributed by atoms with Crippen molar-refractivity contribution < 1.29 is 14.7 Å². The first-order valence-electron chi connectivity index (χ1n) is 8.49. The topological polar surface area (TPSA) is 92.4 Å². The van der Waals surface area contributed by atoms with E-state index in [0.29, 0.717) is 18.5 Å². The number of carbonyl (C=O) groups excluding carboxylic acids is 1. The number of benzene rings is 2. The minimum absolute atomic E-state index is 0.145. The summed E-state index contributed by atoms with van der Waals surface area (Å²) in [4.78, 5) is 23.4. The van der Waals surface area contributed by atoms with Gasteiger partial charge in [0.05, 0.1) is 0 Å². The molecule has 1 atom stereocenters. The number of amides is 1. The van der Waals surface area contributed by atoms with Crippen LogP contribution < -0.4 is 11.1 Å². The monoisotopic (exact) mass is 338 g/mol. The van der Waals surface area contributed by atoms with Crippen LogP contribution >= 0.6 is 0 Å². The smallest absolute Gasteiger partial charge is 0.303 e. The largest absolute Gasteiger partial charge is 0.481 e. The van der Waals surface area contributed by atoms with Gasteiger partial charge in [-0.2, -0.15) is 0 Å². The fourth-order valence-electron chi connectivity index (χ4n) is 3.32. The van der Waals surface area contributed by atoms with Gasteiger partial charge in [0.1, 0.15) is 0 Å². The Morgan fingerprint density at radius 3 is 2.56 bits per heavy atom. The van der Waals surface area contributed by atoms with Crippen LogP contribution in [0, 0.1) is 5.92 Å². The Bertz CT molecular complexity index is 784. The quantitative estimate of drug-likeness (QED) is 0.781. The lowest BCUT2D eigenvalue weighted by atomic mass is 9.81. The second kappa shape index (κ2) is 7.49. The van der Waals surface area contributed by atoms with Crippen molar-refractivity contribution in [3.05, 3.63) is 64.7 Å². The highest BCUT2D eigenvalue weighted by Gasteiger charge is 2.22. The van der Waals surface area contributed by atoms with E-state index in [-0.39, 0.29) is 18.2 Å². The molecule has 0 saturated carbocycles. The third-order valence-corrected chi connectivity index (χ3v) is 4.71. The van der Waals surface area contributed by atoms with Gasteiger partial charge in [-0.3, -0.25) is 9.59 Å². The summed E-state index contributed by atoms with van der Waals surface area (Å²) >= 11 is 0. The van der Waals surface area contributed by atoms with Gasteiger partial charge in [0, 0.05) is 24.2 Å². The van der Waals surface area contributed by atoms with Crippen LogP contribution in [0.5, 0.6) is 0 Å². The first kappa shape index (κ1) is 17.2. The molecule has 5 nitrogen and oxygen atoms in total. The Balaban J connectivity index is 1.72. The van der Waals surface area contributed by atoms with Crippen molar-refractivity contribution in [3.63, 3.8) is 0 Å². The zero-order valence-electron chi connectivity index (χ0n) is 14.0. The van der Waals surface area contributed by atoms with E-state index in [1.54, 1.807) is 0 Å². The minimum atomic E-state index is -0.761. The number of carboxylic acids is 1. The van der Waals surface area contributed by atoms with Gasteiger partial charge in [0.15, 0.2) is 0 Å². The third kappa shape index (κ3) is 4.25. The van der Waals surface area contributed by atoms with Crippen LogP contribution in [0.25, 0.3) is 0 Å². The first-order chi connectivity index (χ1) is 12.0. The van der Waals surface area contributed by atoms with E-state index >= 15 is 0 Å². The number of aliphatic carboxylic acids is 1. The van der Waals surface area contributed by atoms with Crippen molar-refractivity contribution in [2.24, 2.45) is 11.7 Å². The number of aryl methyl sites for hydroxylation is 1. The average molecular weight is 338 g/mol. The van der Waals surface area contributed by atoms with Gasteiger partial charge in [0.25, 0.3) is 5.91 Å². The predicted octanol–water partition coefficient (Wildman–Crippen LogP) is 2.98. The highest BCUT2D eigenvalue weighted by molar-refractivity contribution is 6.04. The molecule has 0 aromatic heterocycles. The fourth-order valence-corrected chi connectivity index (χ4v) is 3.32. The molecule has 0 spiro atoms. The van der Waals surface area contributed by atoms with Crippen molar-refractivity contribution in [1.29, 1.82) is 0 Å². The first-order valence-corrected chi connectivity index (χ1v) is 8.49. The molecule has 1 amide bonds. The lowest BCUT2D eigenvalue weighted by Crippen LogP contribution is -2.19. The molecular formula is C20H22N2O3. The second-order valence-electron chi connectivity index (χ2n) is 6.55. The van der Waals surface area contributed by atoms with Gasteiger partial charge in [-0.15, -0.1) is 0 Å². The number of rotatable bonds is 5. The second-order valence-corrected chi connectivity index (χ2v) is 6.55. The number of carboxylic acid groups (broad SMARTS) is 1. The Labute approximate surface area is 146 Å². The van der Waals surface area contributed by atoms with Gasteiger partial charge in [0.2, 0.25) is 0 Å². The summed E-state index contributed by atoms with van der Waals surface area (Å²) < 4.78 is 0. The fraction of sp³-hybridized carbons (Fsp3) is 0.300. The summed E-state index contributed by atoms with van der Waals surface area (Å²) in [5, 5.41) is 11.9. The molecule has 0 bridgehead atoms. The Hall–Kier alpha value is -2.66. The van der Waals surface area contributed by atoms with Gasteiger partial charge >= 0.3 is 5.97 Å².